The molecule has 0 bridgehead atoms. The number of carbonyl (C=O) groups excluding carboxylic acids is 1. The number of anilines is 2. The van der Waals surface area contributed by atoms with Gasteiger partial charge in [-0.05, 0) is 50.8 Å². The Labute approximate surface area is 198 Å². The molecule has 2 aromatic rings. The van der Waals surface area contributed by atoms with Gasteiger partial charge in [-0.2, -0.15) is 0 Å². The largest absolute Gasteiger partial charge is 0.378 e. The van der Waals surface area contributed by atoms with Gasteiger partial charge in [0, 0.05) is 36.8 Å². The van der Waals surface area contributed by atoms with Gasteiger partial charge in [-0.1, -0.05) is 11.6 Å². The fraction of sp³-hybridized carbons (Fsp3) is 0.500. The molecule has 2 heterocycles. The van der Waals surface area contributed by atoms with Crippen molar-refractivity contribution in [2.24, 2.45) is 0 Å². The van der Waals surface area contributed by atoms with Crippen molar-refractivity contribution in [3.8, 4) is 0 Å². The summed E-state index contributed by atoms with van der Waals surface area (Å²) in [6.07, 6.45) is 3.56. The average Bonchev–Trinajstić information content (AvgIpc) is 2.77. The predicted molar refractivity (Wildman–Crippen MR) is 126 cm³/mol. The van der Waals surface area contributed by atoms with E-state index in [2.05, 4.69) is 25.5 Å². The Morgan fingerprint density at radius 3 is 2.50 bits per heavy atom. The normalized spacial score (nSPS) is 20.9. The number of morpholine rings is 1. The molecule has 0 spiro atoms. The van der Waals surface area contributed by atoms with Gasteiger partial charge in [-0.3, -0.25) is 4.79 Å². The Hall–Kier alpha value is -2.16. The predicted octanol–water partition coefficient (Wildman–Crippen LogP) is 3.99. The van der Waals surface area contributed by atoms with Crippen molar-refractivity contribution in [3.05, 3.63) is 46.5 Å². The Morgan fingerprint density at radius 1 is 1.12 bits per heavy atom. The summed E-state index contributed by atoms with van der Waals surface area (Å²) in [4.78, 5) is 23.8. The number of rotatable bonds is 5. The van der Waals surface area contributed by atoms with Gasteiger partial charge in [0.15, 0.2) is 0 Å². The zero-order valence-electron chi connectivity index (χ0n) is 17.9. The molecule has 1 aromatic heterocycles. The maximum absolute atomic E-state index is 13.3. The van der Waals surface area contributed by atoms with Gasteiger partial charge in [0.25, 0.3) is 5.91 Å². The Kier molecular flexibility index (Phi) is 8.51. The van der Waals surface area contributed by atoms with Crippen molar-refractivity contribution in [2.45, 2.75) is 44.7 Å². The van der Waals surface area contributed by atoms with E-state index in [1.807, 2.05) is 13.0 Å². The molecule has 0 radical (unpaired) electrons. The van der Waals surface area contributed by atoms with Gasteiger partial charge in [0.1, 0.15) is 23.3 Å². The van der Waals surface area contributed by atoms with E-state index in [-0.39, 0.29) is 29.4 Å². The Bertz CT molecular complexity index is 935. The molecule has 32 heavy (non-hydrogen) atoms. The van der Waals surface area contributed by atoms with Crippen molar-refractivity contribution >= 4 is 41.6 Å². The first kappa shape index (κ1) is 24.5. The van der Waals surface area contributed by atoms with Crippen molar-refractivity contribution in [3.63, 3.8) is 0 Å². The monoisotopic (exact) mass is 483 g/mol. The van der Waals surface area contributed by atoms with Crippen LogP contribution < -0.4 is 15.5 Å². The third-order valence-corrected chi connectivity index (χ3v) is 6.05. The minimum Gasteiger partial charge on any atom is -0.378 e. The summed E-state index contributed by atoms with van der Waals surface area (Å²) in [5.74, 6) is 1.76. The van der Waals surface area contributed by atoms with E-state index in [4.69, 9.17) is 16.3 Å². The van der Waals surface area contributed by atoms with Gasteiger partial charge in [0.2, 0.25) is 0 Å². The van der Waals surface area contributed by atoms with Crippen LogP contribution in [0.15, 0.2) is 24.3 Å². The van der Waals surface area contributed by atoms with Gasteiger partial charge in [-0.15, -0.1) is 12.4 Å². The fourth-order valence-electron chi connectivity index (χ4n) is 4.08. The second kappa shape index (κ2) is 11.1. The number of hydrogen-bond donors (Lipinski definition) is 2. The van der Waals surface area contributed by atoms with E-state index >= 15 is 0 Å². The highest BCUT2D eigenvalue weighted by Crippen LogP contribution is 2.24. The second-order valence-corrected chi connectivity index (χ2v) is 8.46. The maximum Gasteiger partial charge on any atom is 0.251 e. The zero-order chi connectivity index (χ0) is 21.8. The number of halogens is 3. The van der Waals surface area contributed by atoms with Crippen LogP contribution >= 0.6 is 24.0 Å². The molecule has 174 valence electrons. The average molecular weight is 484 g/mol. The molecule has 1 amide bonds. The van der Waals surface area contributed by atoms with E-state index in [1.165, 1.54) is 18.2 Å². The third kappa shape index (κ3) is 6.21. The molecule has 2 fully saturated rings. The summed E-state index contributed by atoms with van der Waals surface area (Å²) in [5, 5.41) is 6.53. The van der Waals surface area contributed by atoms with Crippen LogP contribution in [0.2, 0.25) is 5.02 Å². The third-order valence-electron chi connectivity index (χ3n) is 5.76. The molecule has 1 aromatic carbocycles. The molecule has 7 nitrogen and oxygen atoms in total. The summed E-state index contributed by atoms with van der Waals surface area (Å²) in [6.45, 7) is 5.00. The first-order valence-electron chi connectivity index (χ1n) is 10.7. The van der Waals surface area contributed by atoms with Gasteiger partial charge < -0.3 is 20.3 Å². The number of ether oxygens (including phenoxy) is 1. The lowest BCUT2D eigenvalue weighted by atomic mass is 9.91. The van der Waals surface area contributed by atoms with Crippen LogP contribution in [0.3, 0.4) is 0 Å². The van der Waals surface area contributed by atoms with E-state index in [0.717, 1.165) is 56.2 Å². The van der Waals surface area contributed by atoms with Gasteiger partial charge >= 0.3 is 0 Å². The summed E-state index contributed by atoms with van der Waals surface area (Å²) >= 11 is 5.79. The number of benzene rings is 1. The Balaban J connectivity index is 0.00000289. The smallest absolute Gasteiger partial charge is 0.251 e. The molecule has 2 N–H and O–H groups in total. The minimum atomic E-state index is -0.526. The topological polar surface area (TPSA) is 79.4 Å². The van der Waals surface area contributed by atoms with Crippen LogP contribution in [0.1, 0.15) is 41.9 Å². The van der Waals surface area contributed by atoms with Gasteiger partial charge in [-0.25, -0.2) is 14.4 Å². The summed E-state index contributed by atoms with van der Waals surface area (Å²) < 4.78 is 18.7. The molecule has 4 rings (SSSR count). The molecular formula is C22H28Cl2FN5O2. The quantitative estimate of drug-likeness (QED) is 0.669. The molecular weight excluding hydrogens is 456 g/mol. The number of nitrogens with one attached hydrogen (secondary N) is 2. The summed E-state index contributed by atoms with van der Waals surface area (Å²) in [5.41, 5.74) is 0.374. The first-order chi connectivity index (χ1) is 15.0. The molecule has 1 aliphatic heterocycles. The highest BCUT2D eigenvalue weighted by molar-refractivity contribution is 6.31. The van der Waals surface area contributed by atoms with E-state index in [0.29, 0.717) is 24.8 Å². The van der Waals surface area contributed by atoms with Crippen molar-refractivity contribution < 1.29 is 13.9 Å². The molecule has 0 atom stereocenters. The molecule has 2 aliphatic rings. The summed E-state index contributed by atoms with van der Waals surface area (Å²) in [6, 6.07) is 6.42. The molecule has 1 saturated heterocycles. The number of aryl methyl sites for hydroxylation is 1. The molecule has 10 heteroatoms. The van der Waals surface area contributed by atoms with Crippen LogP contribution in [-0.4, -0.2) is 54.3 Å². The maximum atomic E-state index is 13.3. The van der Waals surface area contributed by atoms with E-state index in [9.17, 15) is 9.18 Å². The lowest BCUT2D eigenvalue weighted by Crippen LogP contribution is -2.40. The molecule has 0 unspecified atom stereocenters. The SMILES string of the molecule is Cc1nc(NC2CCC(NC(=O)c3ccc(F)c(Cl)c3)CC2)cc(N2CCOCC2)n1.Cl. The van der Waals surface area contributed by atoms with Crippen molar-refractivity contribution in [1.29, 1.82) is 0 Å². The first-order valence-corrected chi connectivity index (χ1v) is 11.1. The van der Waals surface area contributed by atoms with Crippen molar-refractivity contribution in [1.82, 2.24) is 15.3 Å². The second-order valence-electron chi connectivity index (χ2n) is 8.05. The van der Waals surface area contributed by atoms with Crippen LogP contribution in [0, 0.1) is 12.7 Å². The van der Waals surface area contributed by atoms with Crippen LogP contribution in [0.5, 0.6) is 0 Å². The fourth-order valence-corrected chi connectivity index (χ4v) is 4.26. The van der Waals surface area contributed by atoms with Crippen LogP contribution in [0.4, 0.5) is 16.0 Å². The highest BCUT2D eigenvalue weighted by Gasteiger charge is 2.24. The lowest BCUT2D eigenvalue weighted by Gasteiger charge is -2.31. The lowest BCUT2D eigenvalue weighted by molar-refractivity contribution is 0.0926. The highest BCUT2D eigenvalue weighted by atomic mass is 35.5. The standard InChI is InChI=1S/C22H27ClFN5O2.ClH/c1-14-25-20(13-21(26-14)29-8-10-31-11-9-29)27-16-3-5-17(6-4-16)28-22(30)15-2-7-19(24)18(23)12-15;/h2,7,12-13,16-17H,3-6,8-11H2,1H3,(H,28,30)(H,25,26,27);1H. The molecule has 1 saturated carbocycles. The summed E-state index contributed by atoms with van der Waals surface area (Å²) in [7, 11) is 0. The number of carbonyl (C=O) groups is 1. The van der Waals surface area contributed by atoms with Crippen molar-refractivity contribution in [2.75, 3.05) is 36.5 Å². The molecule has 1 aliphatic carbocycles. The Morgan fingerprint density at radius 2 is 1.81 bits per heavy atom. The minimum absolute atomic E-state index is 0. The number of amides is 1. The van der Waals surface area contributed by atoms with E-state index < -0.39 is 5.82 Å². The number of aromatic nitrogens is 2. The van der Waals surface area contributed by atoms with Gasteiger partial charge in [0.05, 0.1) is 18.2 Å². The zero-order valence-corrected chi connectivity index (χ0v) is 19.5. The number of hydrogen-bond acceptors (Lipinski definition) is 6. The van der Waals surface area contributed by atoms with Crippen LogP contribution in [0.25, 0.3) is 0 Å². The van der Waals surface area contributed by atoms with Crippen LogP contribution in [-0.2, 0) is 4.74 Å². The number of nitrogens with zero attached hydrogens (tertiary/aromatic N) is 3. The van der Waals surface area contributed by atoms with E-state index in [1.54, 1.807) is 0 Å².